The molecule has 2 heteroatoms. The van der Waals surface area contributed by atoms with E-state index in [1.165, 1.54) is 69.2 Å². The monoisotopic (exact) mass is 319 g/mol. The quantitative estimate of drug-likeness (QED) is 0.768. The highest BCUT2D eigenvalue weighted by atomic mass is 35.5. The molecule has 1 saturated carbocycles. The molecule has 122 valence electrons. The molecule has 1 nitrogen and oxygen atoms in total. The number of benzene rings is 1. The molecule has 1 aromatic rings. The van der Waals surface area contributed by atoms with Crippen LogP contribution in [0, 0.1) is 11.3 Å². The molecule has 0 amide bonds. The number of rotatable bonds is 3. The van der Waals surface area contributed by atoms with Gasteiger partial charge in [-0.3, -0.25) is 0 Å². The van der Waals surface area contributed by atoms with Crippen molar-refractivity contribution in [1.82, 2.24) is 5.32 Å². The summed E-state index contributed by atoms with van der Waals surface area (Å²) in [6, 6.07) is 6.91. The van der Waals surface area contributed by atoms with Crippen molar-refractivity contribution in [3.05, 3.63) is 34.3 Å². The third kappa shape index (κ3) is 4.06. The lowest BCUT2D eigenvalue weighted by molar-refractivity contribution is 0.224. The first-order valence-corrected chi connectivity index (χ1v) is 9.40. The second-order valence-electron chi connectivity index (χ2n) is 8.19. The van der Waals surface area contributed by atoms with Gasteiger partial charge in [0.05, 0.1) is 0 Å². The minimum atomic E-state index is 0.526. The van der Waals surface area contributed by atoms with Gasteiger partial charge in [0.1, 0.15) is 0 Å². The molecule has 22 heavy (non-hydrogen) atoms. The van der Waals surface area contributed by atoms with Crippen LogP contribution in [-0.4, -0.2) is 13.1 Å². The molecule has 2 fully saturated rings. The topological polar surface area (TPSA) is 12.0 Å². The van der Waals surface area contributed by atoms with Gasteiger partial charge < -0.3 is 5.32 Å². The van der Waals surface area contributed by atoms with Crippen LogP contribution in [0.4, 0.5) is 0 Å². The second kappa shape index (κ2) is 6.93. The molecular weight excluding hydrogens is 290 g/mol. The first kappa shape index (κ1) is 16.3. The lowest BCUT2D eigenvalue weighted by atomic mass is 9.71. The summed E-state index contributed by atoms with van der Waals surface area (Å²) in [5.74, 6) is 1.51. The predicted octanol–water partition coefficient (Wildman–Crippen LogP) is 5.57. The van der Waals surface area contributed by atoms with Gasteiger partial charge in [-0.05, 0) is 92.5 Å². The van der Waals surface area contributed by atoms with E-state index in [0.29, 0.717) is 11.3 Å². The SMILES string of the molecule is CC1(C)CCC(c2ccc(CC3CCNCC3)cc2Cl)CC1. The summed E-state index contributed by atoms with van der Waals surface area (Å²) in [5.41, 5.74) is 3.35. The highest BCUT2D eigenvalue weighted by molar-refractivity contribution is 6.31. The molecule has 2 aliphatic rings. The fourth-order valence-electron chi connectivity index (χ4n) is 4.16. The summed E-state index contributed by atoms with van der Waals surface area (Å²) in [6.07, 6.45) is 9.03. The zero-order valence-corrected chi connectivity index (χ0v) is 14.9. The Morgan fingerprint density at radius 1 is 1.09 bits per heavy atom. The largest absolute Gasteiger partial charge is 0.317 e. The molecule has 0 atom stereocenters. The second-order valence-corrected chi connectivity index (χ2v) is 8.60. The Kier molecular flexibility index (Phi) is 5.14. The van der Waals surface area contributed by atoms with Gasteiger partial charge in [-0.25, -0.2) is 0 Å². The first-order valence-electron chi connectivity index (χ1n) is 9.02. The lowest BCUT2D eigenvalue weighted by Crippen LogP contribution is -2.28. The van der Waals surface area contributed by atoms with Crippen LogP contribution in [0.2, 0.25) is 5.02 Å². The van der Waals surface area contributed by atoms with E-state index < -0.39 is 0 Å². The molecule has 1 aliphatic carbocycles. The van der Waals surface area contributed by atoms with Crippen LogP contribution < -0.4 is 5.32 Å². The Bertz CT molecular complexity index is 492. The third-order valence-corrected chi connectivity index (χ3v) is 6.15. The molecule has 0 aromatic heterocycles. The molecule has 1 heterocycles. The van der Waals surface area contributed by atoms with Gasteiger partial charge in [0.2, 0.25) is 0 Å². The maximum Gasteiger partial charge on any atom is 0.0443 e. The van der Waals surface area contributed by atoms with Gasteiger partial charge in [-0.2, -0.15) is 0 Å². The molecule has 3 rings (SSSR count). The van der Waals surface area contributed by atoms with Crippen LogP contribution in [0.25, 0.3) is 0 Å². The van der Waals surface area contributed by atoms with E-state index in [2.05, 4.69) is 37.4 Å². The van der Waals surface area contributed by atoms with Crippen LogP contribution in [0.3, 0.4) is 0 Å². The van der Waals surface area contributed by atoms with Crippen molar-refractivity contribution >= 4 is 11.6 Å². The van der Waals surface area contributed by atoms with Crippen molar-refractivity contribution in [2.45, 2.75) is 64.7 Å². The first-order chi connectivity index (χ1) is 10.5. The average molecular weight is 320 g/mol. The Labute approximate surface area is 140 Å². The minimum absolute atomic E-state index is 0.526. The van der Waals surface area contributed by atoms with Crippen molar-refractivity contribution in [3.8, 4) is 0 Å². The van der Waals surface area contributed by atoms with Crippen LogP contribution in [0.5, 0.6) is 0 Å². The van der Waals surface area contributed by atoms with E-state index in [1.807, 2.05) is 0 Å². The van der Waals surface area contributed by atoms with E-state index in [0.717, 1.165) is 10.9 Å². The maximum atomic E-state index is 6.64. The van der Waals surface area contributed by atoms with E-state index >= 15 is 0 Å². The van der Waals surface area contributed by atoms with Gasteiger partial charge in [-0.1, -0.05) is 37.6 Å². The fourth-order valence-corrected chi connectivity index (χ4v) is 4.52. The molecule has 0 radical (unpaired) electrons. The van der Waals surface area contributed by atoms with Gasteiger partial charge >= 0.3 is 0 Å². The Morgan fingerprint density at radius 3 is 2.41 bits per heavy atom. The van der Waals surface area contributed by atoms with Crippen LogP contribution in [0.15, 0.2) is 18.2 Å². The van der Waals surface area contributed by atoms with Gasteiger partial charge in [0, 0.05) is 5.02 Å². The van der Waals surface area contributed by atoms with Crippen molar-refractivity contribution in [2.24, 2.45) is 11.3 Å². The van der Waals surface area contributed by atoms with E-state index in [-0.39, 0.29) is 0 Å². The van der Waals surface area contributed by atoms with E-state index in [4.69, 9.17) is 11.6 Å². The van der Waals surface area contributed by atoms with Crippen molar-refractivity contribution in [3.63, 3.8) is 0 Å². The summed E-state index contributed by atoms with van der Waals surface area (Å²) in [5, 5.41) is 4.45. The number of halogens is 1. The molecule has 1 saturated heterocycles. The van der Waals surface area contributed by atoms with Crippen molar-refractivity contribution < 1.29 is 0 Å². The fraction of sp³-hybridized carbons (Fsp3) is 0.700. The van der Waals surface area contributed by atoms with E-state index in [1.54, 1.807) is 0 Å². The van der Waals surface area contributed by atoms with Crippen LogP contribution in [-0.2, 0) is 6.42 Å². The third-order valence-electron chi connectivity index (χ3n) is 5.83. The Hall–Kier alpha value is -0.530. The van der Waals surface area contributed by atoms with Gasteiger partial charge in [-0.15, -0.1) is 0 Å². The summed E-state index contributed by atoms with van der Waals surface area (Å²) in [7, 11) is 0. The van der Waals surface area contributed by atoms with Crippen molar-refractivity contribution in [1.29, 1.82) is 0 Å². The molecule has 0 bridgehead atoms. The number of hydrogen-bond donors (Lipinski definition) is 1. The average Bonchev–Trinajstić information content (AvgIpc) is 2.49. The number of hydrogen-bond acceptors (Lipinski definition) is 1. The Balaban J connectivity index is 1.64. The zero-order valence-electron chi connectivity index (χ0n) is 14.1. The van der Waals surface area contributed by atoms with E-state index in [9.17, 15) is 0 Å². The molecule has 0 spiro atoms. The molecule has 0 unspecified atom stereocenters. The van der Waals surface area contributed by atoms with Gasteiger partial charge in [0.25, 0.3) is 0 Å². The van der Waals surface area contributed by atoms with Gasteiger partial charge in [0.15, 0.2) is 0 Å². The zero-order chi connectivity index (χ0) is 15.6. The highest BCUT2D eigenvalue weighted by Gasteiger charge is 2.28. The number of nitrogens with one attached hydrogen (secondary N) is 1. The minimum Gasteiger partial charge on any atom is -0.317 e. The Morgan fingerprint density at radius 2 is 1.77 bits per heavy atom. The molecule has 1 aromatic carbocycles. The molecule has 1 N–H and O–H groups in total. The van der Waals surface area contributed by atoms with Crippen LogP contribution >= 0.6 is 11.6 Å². The van der Waals surface area contributed by atoms with Crippen LogP contribution in [0.1, 0.15) is 69.4 Å². The maximum absolute atomic E-state index is 6.64. The summed E-state index contributed by atoms with van der Waals surface area (Å²) >= 11 is 6.64. The lowest BCUT2D eigenvalue weighted by Gasteiger charge is -2.35. The normalized spacial score (nSPS) is 23.6. The predicted molar refractivity (Wildman–Crippen MR) is 95.7 cm³/mol. The highest BCUT2D eigenvalue weighted by Crippen LogP contribution is 2.44. The standard InChI is InChI=1S/C20H30ClN/c1-20(2)9-5-17(6-10-20)18-4-3-16(14-19(18)21)13-15-7-11-22-12-8-15/h3-4,14-15,17,22H,5-13H2,1-2H3. The smallest absolute Gasteiger partial charge is 0.0443 e. The van der Waals surface area contributed by atoms with Crippen molar-refractivity contribution in [2.75, 3.05) is 13.1 Å². The molecular formula is C20H30ClN. The number of piperidine rings is 1. The summed E-state index contributed by atoms with van der Waals surface area (Å²) in [4.78, 5) is 0. The summed E-state index contributed by atoms with van der Waals surface area (Å²) < 4.78 is 0. The molecule has 1 aliphatic heterocycles. The summed E-state index contributed by atoms with van der Waals surface area (Å²) in [6.45, 7) is 7.14.